The van der Waals surface area contributed by atoms with Gasteiger partial charge in [0.25, 0.3) is 0 Å². The number of ketones is 1. The minimum atomic E-state index is -1.01. The smallest absolute Gasteiger partial charge is 0.316 e. The molecule has 3 fully saturated rings. The molecule has 0 bridgehead atoms. The Bertz CT molecular complexity index is 1050. The normalized spacial score (nSPS) is 42.5. The first-order chi connectivity index (χ1) is 17.0. The quantitative estimate of drug-likeness (QED) is 0.233. The highest BCUT2D eigenvalue weighted by molar-refractivity contribution is 14.1. The highest BCUT2D eigenvalue weighted by atomic mass is 127. The van der Waals surface area contributed by atoms with Crippen molar-refractivity contribution >= 4 is 40.3 Å². The van der Waals surface area contributed by atoms with Crippen molar-refractivity contribution < 1.29 is 28.6 Å². The maximum Gasteiger partial charge on any atom is 0.316 e. The van der Waals surface area contributed by atoms with Crippen LogP contribution in [0.5, 0.6) is 0 Å². The summed E-state index contributed by atoms with van der Waals surface area (Å²) < 4.78 is 19.1. The Morgan fingerprint density at radius 1 is 1.22 bits per heavy atom. The molecule has 0 aromatic rings. The lowest BCUT2D eigenvalue weighted by atomic mass is 9.47. The van der Waals surface area contributed by atoms with Gasteiger partial charge in [-0.3, -0.25) is 14.4 Å². The highest BCUT2D eigenvalue weighted by Crippen LogP contribution is 2.63. The molecule has 1 heterocycles. The number of halogens is 1. The van der Waals surface area contributed by atoms with Gasteiger partial charge in [0, 0.05) is 20.8 Å². The van der Waals surface area contributed by atoms with Crippen molar-refractivity contribution in [2.45, 2.75) is 84.0 Å². The van der Waals surface area contributed by atoms with Crippen molar-refractivity contribution in [1.29, 1.82) is 0 Å². The van der Waals surface area contributed by atoms with E-state index in [2.05, 4.69) is 36.1 Å². The summed E-state index contributed by atoms with van der Waals surface area (Å²) in [4.78, 5) is 39.1. The van der Waals surface area contributed by atoms with E-state index in [0.29, 0.717) is 17.4 Å². The van der Waals surface area contributed by atoms with Gasteiger partial charge in [-0.25, -0.2) is 0 Å². The molecule has 4 aliphatic carbocycles. The lowest BCUT2D eigenvalue weighted by Gasteiger charge is -2.54. The van der Waals surface area contributed by atoms with Crippen LogP contribution in [0.1, 0.15) is 65.7 Å². The van der Waals surface area contributed by atoms with Gasteiger partial charge in [-0.15, -0.1) is 0 Å². The summed E-state index contributed by atoms with van der Waals surface area (Å²) in [6.07, 6.45) is 9.23. The minimum Gasteiger partial charge on any atom is -0.469 e. The Balaban J connectivity index is 1.49. The lowest BCUT2D eigenvalue weighted by molar-refractivity contribution is -0.161. The summed E-state index contributed by atoms with van der Waals surface area (Å²) in [5.41, 5.74) is 0.0928. The fourth-order valence-corrected chi connectivity index (χ4v) is 8.80. The average Bonchev–Trinajstić information content (AvgIpc) is 3.30. The van der Waals surface area contributed by atoms with Crippen LogP contribution < -0.4 is 0 Å². The zero-order chi connectivity index (χ0) is 26.0. The van der Waals surface area contributed by atoms with Crippen molar-refractivity contribution in [3.05, 3.63) is 33.5 Å². The van der Waals surface area contributed by atoms with Crippen LogP contribution >= 0.6 is 22.6 Å². The molecule has 1 aliphatic heterocycles. The molecule has 2 saturated carbocycles. The topological polar surface area (TPSA) is 78.9 Å². The molecule has 0 aromatic carbocycles. The second-order valence-corrected chi connectivity index (χ2v) is 13.0. The second-order valence-electron chi connectivity index (χ2n) is 11.8. The largest absolute Gasteiger partial charge is 0.469 e. The van der Waals surface area contributed by atoms with Gasteiger partial charge in [0.15, 0.2) is 5.78 Å². The van der Waals surface area contributed by atoms with E-state index < -0.39 is 40.8 Å². The zero-order valence-electron chi connectivity index (χ0n) is 21.7. The standard InChI is InChI=1S/C29H37IO6/c1-15-18(17-9-7-6-8-10-17)13-20(23(15)30)35-24-16(2)19(14-22(32)34-5)29(4)21(31)11-12-28(3)26(29)25(24)36-27(28)33/h11-12,17-20,24-26H,2,6-10,13-14H2,1,3-5H3/t18-,19+,20?,24+,25+,26+,28-,29+/m1/s1. The SMILES string of the molecule is C=C1[C@H](OC2C[C@@H](C3CCCCC3)C(C)=C2I)[C@@H]2OC(=O)[C@]3(C)C=CC(=O)[C@@](C)([C@@H]23)[C@H]1CC(=O)OC. The molecular formula is C29H37IO6. The van der Waals surface area contributed by atoms with E-state index in [1.54, 1.807) is 6.08 Å². The van der Waals surface area contributed by atoms with E-state index in [9.17, 15) is 14.4 Å². The third kappa shape index (κ3) is 3.77. The van der Waals surface area contributed by atoms with Crippen LogP contribution in [0.3, 0.4) is 0 Å². The third-order valence-electron chi connectivity index (χ3n) is 10.1. The molecular weight excluding hydrogens is 571 g/mol. The predicted molar refractivity (Wildman–Crippen MR) is 143 cm³/mol. The highest BCUT2D eigenvalue weighted by Gasteiger charge is 2.71. The number of rotatable bonds is 5. The van der Waals surface area contributed by atoms with Gasteiger partial charge in [-0.1, -0.05) is 44.4 Å². The van der Waals surface area contributed by atoms with Crippen LogP contribution in [-0.2, 0) is 28.6 Å². The number of hydrogen-bond acceptors (Lipinski definition) is 6. The Kier molecular flexibility index (Phi) is 6.80. The first-order valence-electron chi connectivity index (χ1n) is 13.3. The molecule has 0 radical (unpaired) electrons. The summed E-state index contributed by atoms with van der Waals surface area (Å²) in [7, 11) is 1.35. The van der Waals surface area contributed by atoms with Gasteiger partial charge in [-0.2, -0.15) is 0 Å². The number of methoxy groups -OCH3 is 1. The first-order valence-corrected chi connectivity index (χ1v) is 14.3. The number of allylic oxidation sites excluding steroid dienone is 2. The molecule has 7 heteroatoms. The average molecular weight is 609 g/mol. The lowest BCUT2D eigenvalue weighted by Crippen LogP contribution is -2.61. The number of ether oxygens (including phenoxy) is 3. The van der Waals surface area contributed by atoms with Crippen LogP contribution in [0.15, 0.2) is 33.5 Å². The Morgan fingerprint density at radius 2 is 1.92 bits per heavy atom. The molecule has 0 amide bonds. The molecule has 196 valence electrons. The molecule has 36 heavy (non-hydrogen) atoms. The van der Waals surface area contributed by atoms with Crippen molar-refractivity contribution in [3.8, 4) is 0 Å². The second kappa shape index (κ2) is 9.37. The maximum atomic E-state index is 13.4. The molecule has 5 aliphatic rings. The van der Waals surface area contributed by atoms with E-state index in [1.807, 2.05) is 13.8 Å². The monoisotopic (exact) mass is 608 g/mol. The van der Waals surface area contributed by atoms with Crippen LogP contribution in [0, 0.1) is 34.5 Å². The summed E-state index contributed by atoms with van der Waals surface area (Å²) in [5.74, 6) is -0.621. The van der Waals surface area contributed by atoms with Crippen molar-refractivity contribution in [2.24, 2.45) is 34.5 Å². The summed E-state index contributed by atoms with van der Waals surface area (Å²) >= 11 is 2.42. The van der Waals surface area contributed by atoms with Crippen molar-refractivity contribution in [1.82, 2.24) is 0 Å². The molecule has 0 N–H and O–H groups in total. The Hall–Kier alpha value is -1.48. The zero-order valence-corrected chi connectivity index (χ0v) is 23.8. The minimum absolute atomic E-state index is 0.0140. The summed E-state index contributed by atoms with van der Waals surface area (Å²) in [5, 5.41) is 0. The third-order valence-corrected chi connectivity index (χ3v) is 11.6. The number of carbonyl (C=O) groups excluding carboxylic acids is 3. The molecule has 1 saturated heterocycles. The fraction of sp³-hybridized carbons (Fsp3) is 0.690. The van der Waals surface area contributed by atoms with Crippen LogP contribution in [0.2, 0.25) is 0 Å². The molecule has 0 spiro atoms. The number of carbonyl (C=O) groups is 3. The molecule has 6 nitrogen and oxygen atoms in total. The van der Waals surface area contributed by atoms with Gasteiger partial charge in [0.1, 0.15) is 12.2 Å². The first kappa shape index (κ1) is 26.1. The van der Waals surface area contributed by atoms with Gasteiger partial charge in [0.2, 0.25) is 0 Å². The molecule has 8 atom stereocenters. The summed E-state index contributed by atoms with van der Waals surface area (Å²) in [6.45, 7) is 10.3. The number of hydrogen-bond donors (Lipinski definition) is 0. The van der Waals surface area contributed by atoms with Crippen LogP contribution in [0.4, 0.5) is 0 Å². The predicted octanol–water partition coefficient (Wildman–Crippen LogP) is 5.49. The van der Waals surface area contributed by atoms with Crippen molar-refractivity contribution in [2.75, 3.05) is 7.11 Å². The Labute approximate surface area is 227 Å². The van der Waals surface area contributed by atoms with E-state index in [-0.39, 0.29) is 24.3 Å². The van der Waals surface area contributed by atoms with Crippen LogP contribution in [-0.4, -0.2) is 43.1 Å². The maximum absolute atomic E-state index is 13.4. The van der Waals surface area contributed by atoms with Gasteiger partial charge in [-0.05, 0) is 79.2 Å². The number of esters is 2. The van der Waals surface area contributed by atoms with E-state index in [4.69, 9.17) is 14.2 Å². The molecule has 5 rings (SSSR count). The van der Waals surface area contributed by atoms with E-state index >= 15 is 0 Å². The van der Waals surface area contributed by atoms with E-state index in [0.717, 1.165) is 6.42 Å². The molecule has 0 aromatic heterocycles. The fourth-order valence-electron chi connectivity index (χ4n) is 8.00. The van der Waals surface area contributed by atoms with E-state index in [1.165, 1.54) is 54.4 Å². The van der Waals surface area contributed by atoms with Crippen molar-refractivity contribution in [3.63, 3.8) is 0 Å². The Morgan fingerprint density at radius 3 is 2.58 bits per heavy atom. The molecule has 1 unspecified atom stereocenters. The summed E-state index contributed by atoms with van der Waals surface area (Å²) in [6, 6.07) is 0. The van der Waals surface area contributed by atoms with Crippen LogP contribution in [0.25, 0.3) is 0 Å². The van der Waals surface area contributed by atoms with Gasteiger partial charge < -0.3 is 14.2 Å². The van der Waals surface area contributed by atoms with Gasteiger partial charge >= 0.3 is 11.9 Å². The van der Waals surface area contributed by atoms with Gasteiger partial charge in [0.05, 0.1) is 25.0 Å².